The van der Waals surface area contributed by atoms with E-state index in [1.807, 2.05) is 30.3 Å². The maximum Gasteiger partial charge on any atom is 0.264 e. The van der Waals surface area contributed by atoms with Gasteiger partial charge < -0.3 is 10.2 Å². The molecule has 1 atom stereocenters. The van der Waals surface area contributed by atoms with Crippen molar-refractivity contribution in [3.63, 3.8) is 0 Å². The molecule has 218 valence electrons. The summed E-state index contributed by atoms with van der Waals surface area (Å²) in [5.74, 6) is -1.72. The van der Waals surface area contributed by atoms with Crippen LogP contribution in [-0.4, -0.2) is 44.8 Å². The van der Waals surface area contributed by atoms with Crippen LogP contribution in [0.25, 0.3) is 0 Å². The number of nitrogens with one attached hydrogen (secondary N) is 1. The lowest BCUT2D eigenvalue weighted by Gasteiger charge is -2.34. The molecule has 0 saturated carbocycles. The Morgan fingerprint density at radius 3 is 2.17 bits per heavy atom. The number of carbonyl (C=O) groups excluding carboxylic acids is 2. The highest BCUT2D eigenvalue weighted by atomic mass is 35.5. The van der Waals surface area contributed by atoms with E-state index in [1.165, 1.54) is 48.3 Å². The van der Waals surface area contributed by atoms with Gasteiger partial charge in [-0.15, -0.1) is 0 Å². The second-order valence-electron chi connectivity index (χ2n) is 9.69. The molecule has 0 saturated heterocycles. The van der Waals surface area contributed by atoms with Gasteiger partial charge in [0.2, 0.25) is 11.8 Å². The Morgan fingerprint density at radius 2 is 1.52 bits per heavy atom. The van der Waals surface area contributed by atoms with E-state index < -0.39 is 40.2 Å². The number of rotatable bonds is 11. The molecule has 0 spiro atoms. The van der Waals surface area contributed by atoms with Gasteiger partial charge in [-0.2, -0.15) is 0 Å². The summed E-state index contributed by atoms with van der Waals surface area (Å²) >= 11 is 6.27. The highest BCUT2D eigenvalue weighted by Gasteiger charge is 2.35. The van der Waals surface area contributed by atoms with Crippen LogP contribution in [0.1, 0.15) is 16.7 Å². The van der Waals surface area contributed by atoms with Crippen LogP contribution in [0.2, 0.25) is 5.02 Å². The van der Waals surface area contributed by atoms with Crippen molar-refractivity contribution in [3.05, 3.63) is 131 Å². The van der Waals surface area contributed by atoms with E-state index in [4.69, 9.17) is 11.6 Å². The lowest BCUT2D eigenvalue weighted by atomic mass is 10.0. The molecule has 0 bridgehead atoms. The second-order valence-corrected chi connectivity index (χ2v) is 12.0. The summed E-state index contributed by atoms with van der Waals surface area (Å²) in [6.07, 6.45) is 0.127. The SMILES string of the molecule is CNC(=O)C(Cc1ccccc1)N(Cc1ccccc1F)C(=O)CN(c1cc(Cl)ccc1C)S(=O)(=O)c1ccccc1. The van der Waals surface area contributed by atoms with Crippen LogP contribution in [0.4, 0.5) is 10.1 Å². The van der Waals surface area contributed by atoms with Crippen molar-refractivity contribution in [2.24, 2.45) is 0 Å². The smallest absolute Gasteiger partial charge is 0.264 e. The standard InChI is InChI=1S/C32H31ClFN3O4S/c1-23-17-18-26(33)20-29(23)37(42(40,41)27-14-7-4-8-15-27)22-31(38)36(21-25-13-9-10-16-28(25)34)30(32(39)35-2)19-24-11-5-3-6-12-24/h3-18,20,30H,19,21-22H2,1-2H3,(H,35,39). The van der Waals surface area contributed by atoms with Crippen LogP contribution in [-0.2, 0) is 32.6 Å². The van der Waals surface area contributed by atoms with Crippen molar-refractivity contribution in [2.45, 2.75) is 30.8 Å². The van der Waals surface area contributed by atoms with Gasteiger partial charge in [-0.3, -0.25) is 13.9 Å². The van der Waals surface area contributed by atoms with Crippen LogP contribution < -0.4 is 9.62 Å². The average Bonchev–Trinajstić information content (AvgIpc) is 3.00. The molecule has 0 heterocycles. The molecule has 1 unspecified atom stereocenters. The predicted octanol–water partition coefficient (Wildman–Crippen LogP) is 5.37. The molecule has 4 rings (SSSR count). The first-order valence-corrected chi connectivity index (χ1v) is 15.1. The molecule has 2 amide bonds. The molecule has 7 nitrogen and oxygen atoms in total. The zero-order valence-corrected chi connectivity index (χ0v) is 24.8. The van der Waals surface area contributed by atoms with E-state index in [2.05, 4.69) is 5.32 Å². The number of likely N-dealkylation sites (N-methyl/N-ethyl adjacent to an activating group) is 1. The zero-order chi connectivity index (χ0) is 30.3. The van der Waals surface area contributed by atoms with E-state index in [9.17, 15) is 22.4 Å². The molecule has 0 aliphatic heterocycles. The number of nitrogens with zero attached hydrogens (tertiary/aromatic N) is 2. The number of hydrogen-bond donors (Lipinski definition) is 1. The third kappa shape index (κ3) is 7.16. The van der Waals surface area contributed by atoms with Gasteiger partial charge in [0.25, 0.3) is 10.0 Å². The summed E-state index contributed by atoms with van der Waals surface area (Å²) in [7, 11) is -2.81. The number of carbonyl (C=O) groups is 2. The topological polar surface area (TPSA) is 86.8 Å². The molecule has 4 aromatic rings. The second kappa shape index (κ2) is 13.6. The molecular weight excluding hydrogens is 577 g/mol. The van der Waals surface area contributed by atoms with Gasteiger partial charge in [-0.05, 0) is 48.4 Å². The number of halogens is 2. The lowest BCUT2D eigenvalue weighted by Crippen LogP contribution is -2.53. The Labute approximate surface area is 250 Å². The average molecular weight is 608 g/mol. The lowest BCUT2D eigenvalue weighted by molar-refractivity contribution is -0.139. The van der Waals surface area contributed by atoms with Crippen molar-refractivity contribution in [1.29, 1.82) is 0 Å². The molecule has 0 radical (unpaired) electrons. The van der Waals surface area contributed by atoms with Crippen molar-refractivity contribution < 1.29 is 22.4 Å². The van der Waals surface area contributed by atoms with Gasteiger partial charge in [0.05, 0.1) is 10.6 Å². The maximum atomic E-state index is 14.9. The first kappa shape index (κ1) is 30.7. The van der Waals surface area contributed by atoms with Gasteiger partial charge in [0.1, 0.15) is 18.4 Å². The van der Waals surface area contributed by atoms with Crippen LogP contribution in [0.3, 0.4) is 0 Å². The molecule has 4 aromatic carbocycles. The molecule has 0 aliphatic carbocycles. The fourth-order valence-electron chi connectivity index (χ4n) is 4.61. The fraction of sp³-hybridized carbons (Fsp3) is 0.188. The van der Waals surface area contributed by atoms with E-state index in [0.717, 1.165) is 9.87 Å². The molecule has 42 heavy (non-hydrogen) atoms. The highest BCUT2D eigenvalue weighted by Crippen LogP contribution is 2.30. The number of aryl methyl sites for hydroxylation is 1. The minimum Gasteiger partial charge on any atom is -0.357 e. The molecule has 10 heteroatoms. The monoisotopic (exact) mass is 607 g/mol. The molecular formula is C32H31ClFN3O4S. The number of anilines is 1. The van der Waals surface area contributed by atoms with Gasteiger partial charge in [0, 0.05) is 30.6 Å². The molecule has 1 N–H and O–H groups in total. The summed E-state index contributed by atoms with van der Waals surface area (Å²) in [5, 5.41) is 2.89. The van der Waals surface area contributed by atoms with E-state index in [0.29, 0.717) is 5.56 Å². The van der Waals surface area contributed by atoms with Crippen LogP contribution in [0.15, 0.2) is 108 Å². The van der Waals surface area contributed by atoms with Crippen LogP contribution in [0, 0.1) is 12.7 Å². The van der Waals surface area contributed by atoms with Crippen molar-refractivity contribution >= 4 is 39.1 Å². The van der Waals surface area contributed by atoms with Crippen LogP contribution in [0.5, 0.6) is 0 Å². The largest absolute Gasteiger partial charge is 0.357 e. The van der Waals surface area contributed by atoms with E-state index in [1.54, 1.807) is 43.3 Å². The van der Waals surface area contributed by atoms with Crippen LogP contribution >= 0.6 is 11.6 Å². The summed E-state index contributed by atoms with van der Waals surface area (Å²) in [4.78, 5) is 28.7. The summed E-state index contributed by atoms with van der Waals surface area (Å²) in [5.41, 5.74) is 1.74. The first-order valence-electron chi connectivity index (χ1n) is 13.2. The Bertz CT molecular complexity index is 1650. The summed E-state index contributed by atoms with van der Waals surface area (Å²) in [6, 6.07) is 26.5. The maximum absolute atomic E-state index is 14.9. The molecule has 0 aliphatic rings. The Morgan fingerprint density at radius 1 is 0.905 bits per heavy atom. The van der Waals surface area contributed by atoms with Gasteiger partial charge in [-0.25, -0.2) is 12.8 Å². The summed E-state index contributed by atoms with van der Waals surface area (Å²) < 4.78 is 43.8. The minimum atomic E-state index is -4.26. The van der Waals surface area contributed by atoms with Gasteiger partial charge in [-0.1, -0.05) is 84.4 Å². The number of benzene rings is 4. The predicted molar refractivity (Wildman–Crippen MR) is 162 cm³/mol. The van der Waals surface area contributed by atoms with Crippen molar-refractivity contribution in [3.8, 4) is 0 Å². The third-order valence-corrected chi connectivity index (χ3v) is 8.88. The molecule has 0 aromatic heterocycles. The van der Waals surface area contributed by atoms with Crippen molar-refractivity contribution in [1.82, 2.24) is 10.2 Å². The normalized spacial score (nSPS) is 11.9. The third-order valence-electron chi connectivity index (χ3n) is 6.87. The van der Waals surface area contributed by atoms with Gasteiger partial charge >= 0.3 is 0 Å². The number of sulfonamides is 1. The number of amides is 2. The fourth-order valence-corrected chi connectivity index (χ4v) is 6.27. The zero-order valence-electron chi connectivity index (χ0n) is 23.2. The van der Waals surface area contributed by atoms with Crippen molar-refractivity contribution in [2.75, 3.05) is 17.9 Å². The Balaban J connectivity index is 1.82. The first-order chi connectivity index (χ1) is 20.1. The van der Waals surface area contributed by atoms with Gasteiger partial charge in [0.15, 0.2) is 0 Å². The van der Waals surface area contributed by atoms with E-state index >= 15 is 0 Å². The number of hydrogen-bond acceptors (Lipinski definition) is 4. The highest BCUT2D eigenvalue weighted by molar-refractivity contribution is 7.92. The quantitative estimate of drug-likeness (QED) is 0.248. The Kier molecular flexibility index (Phi) is 9.98. The molecule has 0 fully saturated rings. The van der Waals surface area contributed by atoms with E-state index in [-0.39, 0.29) is 34.1 Å². The summed E-state index contributed by atoms with van der Waals surface area (Å²) in [6.45, 7) is 0.794. The minimum absolute atomic E-state index is 0.0232. The Hall–Kier alpha value is -4.21.